The standard InChI is InChI=1S/C37H31IN3O4S2/c1-39(2)24-11-13-26-30(21-24)44-31-22-25(40(15-17-42)16-18-43-45-38)12-14-27(31)36(26)23-19-34-37-35(20-23)47-33-10-6-4-8-29(33)41(37)28-7-3-5-9-32(28)46-34/h3-14,19-22,42H,15-18H2,1-2H3/q+1. The SMILES string of the molecule is CN(C)c1ccc2c(-c3cc4c5c(c3)Sc3ccccc3N5c3ccccc3S4)c3ccc(=[N+](CCO)CCOOI)cc-3oc2c1. The average molecular weight is 773 g/mol. The number of aliphatic hydroxyl groups excluding tert-OH is 1. The molecule has 0 spiro atoms. The molecule has 0 saturated heterocycles. The van der Waals surface area contributed by atoms with Gasteiger partial charge in [-0.05, 0) is 60.2 Å². The maximum atomic E-state index is 9.83. The smallest absolute Gasteiger partial charge is 0.203 e. The van der Waals surface area contributed by atoms with E-state index in [1.165, 1.54) is 36.6 Å². The Hall–Kier alpha value is -3.52. The highest BCUT2D eigenvalue weighted by molar-refractivity contribution is 14.1. The van der Waals surface area contributed by atoms with Crippen LogP contribution in [0.2, 0.25) is 0 Å². The van der Waals surface area contributed by atoms with Crippen molar-refractivity contribution in [1.29, 1.82) is 0 Å². The van der Waals surface area contributed by atoms with Gasteiger partial charge in [-0.2, -0.15) is 3.22 Å². The fourth-order valence-electron chi connectivity index (χ4n) is 6.49. The monoisotopic (exact) mass is 772 g/mol. The molecule has 10 heteroatoms. The highest BCUT2D eigenvalue weighted by atomic mass is 127. The number of hydrogen-bond donors (Lipinski definition) is 1. The molecular weight excluding hydrogens is 741 g/mol. The summed E-state index contributed by atoms with van der Waals surface area (Å²) >= 11 is 5.38. The van der Waals surface area contributed by atoms with Gasteiger partial charge in [0.2, 0.25) is 5.36 Å². The Kier molecular flexibility index (Phi) is 8.40. The molecule has 0 radical (unpaired) electrons. The second-order valence-corrected chi connectivity index (χ2v) is 14.2. The van der Waals surface area contributed by atoms with Crippen LogP contribution in [0.4, 0.5) is 22.7 Å². The van der Waals surface area contributed by atoms with E-state index in [9.17, 15) is 5.11 Å². The molecule has 0 fully saturated rings. The predicted octanol–water partition coefficient (Wildman–Crippen LogP) is 8.73. The molecule has 0 amide bonds. The summed E-state index contributed by atoms with van der Waals surface area (Å²) in [5, 5.41) is 11.8. The van der Waals surface area contributed by atoms with E-state index < -0.39 is 0 Å². The molecule has 0 bridgehead atoms. The first-order valence-corrected chi connectivity index (χ1v) is 17.8. The number of benzene rings is 5. The van der Waals surface area contributed by atoms with Crippen LogP contribution in [-0.4, -0.2) is 45.5 Å². The van der Waals surface area contributed by atoms with Crippen LogP contribution >= 0.6 is 46.5 Å². The molecule has 236 valence electrons. The molecule has 1 N–H and O–H groups in total. The van der Waals surface area contributed by atoms with E-state index >= 15 is 0 Å². The minimum absolute atomic E-state index is 0.0198. The zero-order valence-electron chi connectivity index (χ0n) is 25.8. The van der Waals surface area contributed by atoms with E-state index in [4.69, 9.17) is 12.5 Å². The van der Waals surface area contributed by atoms with Gasteiger partial charge in [0.25, 0.3) is 0 Å². The van der Waals surface area contributed by atoms with Crippen molar-refractivity contribution in [3.63, 3.8) is 0 Å². The van der Waals surface area contributed by atoms with Crippen LogP contribution in [0.5, 0.6) is 0 Å². The zero-order chi connectivity index (χ0) is 32.1. The lowest BCUT2D eigenvalue weighted by molar-refractivity contribution is -0.164. The van der Waals surface area contributed by atoms with Gasteiger partial charge < -0.3 is 19.3 Å². The van der Waals surface area contributed by atoms with Crippen LogP contribution in [0, 0.1) is 0 Å². The minimum atomic E-state index is 0.0198. The summed E-state index contributed by atoms with van der Waals surface area (Å²) in [5.74, 6) is 0.777. The molecule has 0 atom stereocenters. The summed E-state index contributed by atoms with van der Waals surface area (Å²) in [6.45, 7) is 1.40. The molecule has 3 heterocycles. The number of halogens is 1. The molecule has 0 saturated carbocycles. The van der Waals surface area contributed by atoms with Gasteiger partial charge in [-0.3, -0.25) is 0 Å². The second kappa shape index (κ2) is 12.8. The fraction of sp³-hybridized carbons (Fsp3) is 0.162. The van der Waals surface area contributed by atoms with Crippen molar-refractivity contribution >= 4 is 80.2 Å². The summed E-state index contributed by atoms with van der Waals surface area (Å²) in [4.78, 5) is 14.6. The van der Waals surface area contributed by atoms with Crippen LogP contribution in [0.15, 0.2) is 121 Å². The van der Waals surface area contributed by atoms with Gasteiger partial charge in [-0.1, -0.05) is 47.8 Å². The molecule has 8 rings (SSSR count). The van der Waals surface area contributed by atoms with E-state index in [1.54, 1.807) is 23.0 Å². The number of anilines is 4. The van der Waals surface area contributed by atoms with Crippen molar-refractivity contribution in [2.75, 3.05) is 50.2 Å². The first-order valence-electron chi connectivity index (χ1n) is 15.3. The fourth-order valence-corrected chi connectivity index (χ4v) is 9.00. The van der Waals surface area contributed by atoms with Gasteiger partial charge in [0.1, 0.15) is 24.6 Å². The Bertz CT molecular complexity index is 2130. The maximum Gasteiger partial charge on any atom is 0.203 e. The number of fused-ring (bicyclic) bond motifs is 6. The van der Waals surface area contributed by atoms with Gasteiger partial charge in [0.15, 0.2) is 36.1 Å². The minimum Gasteiger partial charge on any atom is -0.456 e. The van der Waals surface area contributed by atoms with Crippen LogP contribution in [0.3, 0.4) is 0 Å². The van der Waals surface area contributed by atoms with Crippen molar-refractivity contribution in [3.05, 3.63) is 102 Å². The van der Waals surface area contributed by atoms with Crippen molar-refractivity contribution < 1.29 is 17.6 Å². The quantitative estimate of drug-likeness (QED) is 0.0411. The zero-order valence-corrected chi connectivity index (χ0v) is 29.6. The van der Waals surface area contributed by atoms with E-state index in [1.807, 2.05) is 37.6 Å². The number of rotatable bonds is 8. The largest absolute Gasteiger partial charge is 0.456 e. The van der Waals surface area contributed by atoms with Gasteiger partial charge in [-0.25, -0.2) is 9.46 Å². The first kappa shape index (κ1) is 30.8. The van der Waals surface area contributed by atoms with Crippen molar-refractivity contribution in [1.82, 2.24) is 4.58 Å². The van der Waals surface area contributed by atoms with E-state index in [2.05, 4.69) is 111 Å². The van der Waals surface area contributed by atoms with E-state index in [0.29, 0.717) is 19.7 Å². The number of aliphatic hydroxyl groups is 1. The lowest BCUT2D eigenvalue weighted by atomic mass is 9.93. The summed E-state index contributed by atoms with van der Waals surface area (Å²) in [6.07, 6.45) is 0. The van der Waals surface area contributed by atoms with Gasteiger partial charge in [0.05, 0.1) is 23.1 Å². The number of nitrogens with zero attached hydrogens (tertiary/aromatic N) is 3. The molecular formula is C37H31IN3O4S2+. The maximum absolute atomic E-state index is 9.83. The summed E-state index contributed by atoms with van der Waals surface area (Å²) in [6, 6.07) is 34.8. The third-order valence-electron chi connectivity index (χ3n) is 8.63. The van der Waals surface area contributed by atoms with Crippen molar-refractivity contribution in [3.8, 4) is 22.5 Å². The van der Waals surface area contributed by atoms with Gasteiger partial charge in [-0.15, -0.1) is 0 Å². The third kappa shape index (κ3) is 5.50. The van der Waals surface area contributed by atoms with Crippen LogP contribution in [0.25, 0.3) is 33.4 Å². The summed E-state index contributed by atoms with van der Waals surface area (Å²) in [5.41, 5.74) is 8.87. The van der Waals surface area contributed by atoms with Crippen LogP contribution in [-0.2, 0) is 8.10 Å². The Morgan fingerprint density at radius 2 is 1.53 bits per heavy atom. The molecule has 0 unspecified atom stereocenters. The summed E-state index contributed by atoms with van der Waals surface area (Å²) < 4.78 is 13.5. The van der Waals surface area contributed by atoms with Crippen LogP contribution in [0.1, 0.15) is 0 Å². The lowest BCUT2D eigenvalue weighted by Gasteiger charge is -2.38. The Labute approximate surface area is 295 Å². The van der Waals surface area contributed by atoms with Crippen molar-refractivity contribution in [2.24, 2.45) is 0 Å². The van der Waals surface area contributed by atoms with E-state index in [0.717, 1.165) is 44.5 Å². The topological polar surface area (TPSA) is 61.3 Å². The highest BCUT2D eigenvalue weighted by Crippen LogP contribution is 2.61. The van der Waals surface area contributed by atoms with Crippen molar-refractivity contribution in [2.45, 2.75) is 19.6 Å². The second-order valence-electron chi connectivity index (χ2n) is 11.6. The van der Waals surface area contributed by atoms with Gasteiger partial charge in [0, 0.05) is 68.0 Å². The lowest BCUT2D eigenvalue weighted by Crippen LogP contribution is -2.35. The average Bonchev–Trinajstić information content (AvgIpc) is 3.09. The summed E-state index contributed by atoms with van der Waals surface area (Å²) in [7, 11) is 4.08. The molecule has 0 aromatic heterocycles. The number of para-hydroxylation sites is 2. The predicted molar refractivity (Wildman–Crippen MR) is 199 cm³/mol. The molecule has 47 heavy (non-hydrogen) atoms. The normalized spacial score (nSPS) is 13.7. The Morgan fingerprint density at radius 1 is 0.830 bits per heavy atom. The first-order chi connectivity index (χ1) is 23.0. The molecule has 3 aliphatic heterocycles. The number of hydrogen-bond acceptors (Lipinski definition) is 8. The molecule has 7 nitrogen and oxygen atoms in total. The molecule has 4 aromatic rings. The Balaban J connectivity index is 1.38. The molecule has 4 aromatic carbocycles. The van der Waals surface area contributed by atoms with E-state index in [-0.39, 0.29) is 6.61 Å². The Morgan fingerprint density at radius 3 is 2.19 bits per heavy atom. The molecule has 1 aliphatic carbocycles. The van der Waals surface area contributed by atoms with Gasteiger partial charge >= 0.3 is 0 Å². The highest BCUT2D eigenvalue weighted by Gasteiger charge is 2.33. The third-order valence-corrected chi connectivity index (χ3v) is 11.1. The molecule has 4 aliphatic rings. The van der Waals surface area contributed by atoms with Crippen LogP contribution < -0.4 is 19.7 Å².